The molecule has 1 amide bonds. The van der Waals surface area contributed by atoms with Gasteiger partial charge in [-0.25, -0.2) is 9.50 Å². The van der Waals surface area contributed by atoms with Crippen LogP contribution in [0.5, 0.6) is 5.75 Å². The fourth-order valence-corrected chi connectivity index (χ4v) is 6.34. The number of morpholine rings is 1. The van der Waals surface area contributed by atoms with Gasteiger partial charge >= 0.3 is 0 Å². The number of nitrogens with zero attached hydrogens (tertiary/aromatic N) is 6. The van der Waals surface area contributed by atoms with Crippen molar-refractivity contribution in [1.82, 2.24) is 35.0 Å². The molecule has 7 rings (SSSR count). The molecule has 0 unspecified atom stereocenters. The second-order valence-corrected chi connectivity index (χ2v) is 11.7. The molecular weight excluding hydrogens is 520 g/mol. The van der Waals surface area contributed by atoms with Gasteiger partial charge < -0.3 is 19.7 Å². The van der Waals surface area contributed by atoms with E-state index < -0.39 is 0 Å². The minimum absolute atomic E-state index is 0.205. The standard InChI is InChI=1S/C30H38N8O3/c1-2-41-23-16-24(28-25-18-32-34-29(25)35-38(28)19-23)22-5-6-26(31-17-22)37-9-7-30(8-10-37,20-36-11-13-40-14-12-36)33-27(39)15-21-3-4-21/h5-6,16-19,21H,2-4,7-15,20H2,1H3,(H,33,39)(H,34,35). The van der Waals surface area contributed by atoms with Crippen LogP contribution in [0.1, 0.15) is 39.0 Å². The van der Waals surface area contributed by atoms with Crippen LogP contribution in [0.4, 0.5) is 5.82 Å². The molecule has 0 bridgehead atoms. The molecule has 0 spiro atoms. The van der Waals surface area contributed by atoms with Crippen LogP contribution in [-0.2, 0) is 9.53 Å². The molecular formula is C30H38N8O3. The van der Waals surface area contributed by atoms with Gasteiger partial charge in [0, 0.05) is 56.5 Å². The van der Waals surface area contributed by atoms with Crippen molar-refractivity contribution in [3.8, 4) is 16.9 Å². The van der Waals surface area contributed by atoms with Crippen molar-refractivity contribution in [3.05, 3.63) is 36.8 Å². The molecule has 4 aromatic heterocycles. The van der Waals surface area contributed by atoms with Gasteiger partial charge in [-0.2, -0.15) is 5.10 Å². The first-order valence-corrected chi connectivity index (χ1v) is 14.9. The highest BCUT2D eigenvalue weighted by molar-refractivity contribution is 6.00. The Morgan fingerprint density at radius 1 is 1.17 bits per heavy atom. The summed E-state index contributed by atoms with van der Waals surface area (Å²) >= 11 is 0. The van der Waals surface area contributed by atoms with Crippen LogP contribution in [0.15, 0.2) is 36.8 Å². The summed E-state index contributed by atoms with van der Waals surface area (Å²) in [4.78, 5) is 22.6. The Labute approximate surface area is 239 Å². The van der Waals surface area contributed by atoms with Crippen molar-refractivity contribution < 1.29 is 14.3 Å². The van der Waals surface area contributed by atoms with E-state index in [2.05, 4.69) is 48.6 Å². The molecule has 2 N–H and O–H groups in total. The fraction of sp³-hybridized carbons (Fsp3) is 0.533. The average molecular weight is 559 g/mol. The molecule has 2 aliphatic heterocycles. The van der Waals surface area contributed by atoms with Crippen LogP contribution < -0.4 is 15.0 Å². The third-order valence-electron chi connectivity index (χ3n) is 8.72. The second kappa shape index (κ2) is 10.9. The number of aromatic amines is 1. The summed E-state index contributed by atoms with van der Waals surface area (Å²) in [6.45, 7) is 8.51. The SMILES string of the molecule is CCOc1cc(-c2ccc(N3CCC(CN4CCOCC4)(NC(=O)CC4CC4)CC3)nc2)c2c3cn[nH]c3nn2c1. The van der Waals surface area contributed by atoms with E-state index in [1.165, 1.54) is 12.8 Å². The number of pyridine rings is 2. The predicted molar refractivity (Wildman–Crippen MR) is 156 cm³/mol. The average Bonchev–Trinajstić information content (AvgIpc) is 3.55. The molecule has 1 saturated carbocycles. The van der Waals surface area contributed by atoms with Crippen molar-refractivity contribution in [3.63, 3.8) is 0 Å². The van der Waals surface area contributed by atoms with Gasteiger partial charge in [0.15, 0.2) is 5.65 Å². The number of nitrogens with one attached hydrogen (secondary N) is 2. The third-order valence-corrected chi connectivity index (χ3v) is 8.72. The molecule has 216 valence electrons. The summed E-state index contributed by atoms with van der Waals surface area (Å²) < 4.78 is 13.3. The highest BCUT2D eigenvalue weighted by atomic mass is 16.5. The summed E-state index contributed by atoms with van der Waals surface area (Å²) in [7, 11) is 0. The number of hydrogen-bond acceptors (Lipinski definition) is 8. The number of amides is 1. The van der Waals surface area contributed by atoms with Gasteiger partial charge in [-0.3, -0.25) is 14.8 Å². The van der Waals surface area contributed by atoms with E-state index >= 15 is 0 Å². The van der Waals surface area contributed by atoms with Crippen molar-refractivity contribution >= 4 is 28.3 Å². The molecule has 3 fully saturated rings. The Hall–Kier alpha value is -3.70. The van der Waals surface area contributed by atoms with Gasteiger partial charge in [0.1, 0.15) is 11.6 Å². The first-order chi connectivity index (χ1) is 20.1. The number of H-pyrrole nitrogens is 1. The zero-order valence-corrected chi connectivity index (χ0v) is 23.6. The maximum absolute atomic E-state index is 12.9. The number of anilines is 1. The van der Waals surface area contributed by atoms with E-state index in [9.17, 15) is 4.79 Å². The molecule has 4 aromatic rings. The minimum atomic E-state index is -0.205. The van der Waals surface area contributed by atoms with E-state index in [1.807, 2.05) is 30.0 Å². The van der Waals surface area contributed by atoms with Crippen LogP contribution in [0.3, 0.4) is 0 Å². The monoisotopic (exact) mass is 558 g/mol. The quantitative estimate of drug-likeness (QED) is 0.322. The lowest BCUT2D eigenvalue weighted by molar-refractivity contribution is -0.124. The number of ether oxygens (including phenoxy) is 2. The third kappa shape index (κ3) is 5.48. The van der Waals surface area contributed by atoms with Gasteiger partial charge in [0.05, 0.1) is 48.7 Å². The Morgan fingerprint density at radius 3 is 2.73 bits per heavy atom. The van der Waals surface area contributed by atoms with Crippen LogP contribution in [0.25, 0.3) is 27.7 Å². The maximum Gasteiger partial charge on any atom is 0.220 e. The van der Waals surface area contributed by atoms with Crippen molar-refractivity contribution in [1.29, 1.82) is 0 Å². The zero-order valence-electron chi connectivity index (χ0n) is 23.6. The van der Waals surface area contributed by atoms with Crippen molar-refractivity contribution in [2.75, 3.05) is 57.4 Å². The minimum Gasteiger partial charge on any atom is -0.492 e. The summed E-state index contributed by atoms with van der Waals surface area (Å²) in [5.74, 6) is 2.51. The first-order valence-electron chi connectivity index (χ1n) is 14.9. The van der Waals surface area contributed by atoms with E-state index in [0.29, 0.717) is 18.9 Å². The Balaban J connectivity index is 1.10. The van der Waals surface area contributed by atoms with Crippen LogP contribution in [0.2, 0.25) is 0 Å². The van der Waals surface area contributed by atoms with E-state index in [-0.39, 0.29) is 11.4 Å². The first kappa shape index (κ1) is 26.2. The number of aromatic nitrogens is 5. The Morgan fingerprint density at radius 2 is 2.00 bits per heavy atom. The molecule has 2 saturated heterocycles. The van der Waals surface area contributed by atoms with E-state index in [1.54, 1.807) is 0 Å². The number of rotatable bonds is 9. The van der Waals surface area contributed by atoms with Gasteiger partial charge in [0.2, 0.25) is 5.91 Å². The summed E-state index contributed by atoms with van der Waals surface area (Å²) in [6, 6.07) is 6.27. The lowest BCUT2D eigenvalue weighted by Crippen LogP contribution is -2.61. The lowest BCUT2D eigenvalue weighted by atomic mass is 9.86. The van der Waals surface area contributed by atoms with Crippen LogP contribution in [-0.4, -0.2) is 93.7 Å². The van der Waals surface area contributed by atoms with Gasteiger partial charge in [0.25, 0.3) is 0 Å². The van der Waals surface area contributed by atoms with Gasteiger partial charge in [-0.1, -0.05) is 0 Å². The second-order valence-electron chi connectivity index (χ2n) is 11.7. The van der Waals surface area contributed by atoms with E-state index in [4.69, 9.17) is 14.5 Å². The molecule has 11 heteroatoms. The Bertz CT molecular complexity index is 1510. The van der Waals surface area contributed by atoms with Crippen molar-refractivity contribution in [2.45, 2.75) is 44.6 Å². The Kier molecular flexibility index (Phi) is 7.00. The topological polar surface area (TPSA) is 113 Å². The number of carbonyl (C=O) groups is 1. The number of fused-ring (bicyclic) bond motifs is 3. The molecule has 6 heterocycles. The normalized spacial score (nSPS) is 19.6. The van der Waals surface area contributed by atoms with Crippen LogP contribution in [0, 0.1) is 5.92 Å². The predicted octanol–water partition coefficient (Wildman–Crippen LogP) is 3.26. The van der Waals surface area contributed by atoms with Gasteiger partial charge in [-0.05, 0) is 56.7 Å². The summed E-state index contributed by atoms with van der Waals surface area (Å²) in [5.41, 5.74) is 3.50. The van der Waals surface area contributed by atoms with Gasteiger partial charge in [-0.15, -0.1) is 5.10 Å². The lowest BCUT2D eigenvalue weighted by Gasteiger charge is -2.46. The smallest absolute Gasteiger partial charge is 0.220 e. The summed E-state index contributed by atoms with van der Waals surface area (Å²) in [5, 5.41) is 16.2. The highest BCUT2D eigenvalue weighted by Crippen LogP contribution is 2.35. The van der Waals surface area contributed by atoms with E-state index in [0.717, 1.165) is 98.0 Å². The van der Waals surface area contributed by atoms with Crippen LogP contribution >= 0.6 is 0 Å². The molecule has 1 aliphatic carbocycles. The number of hydrogen-bond donors (Lipinski definition) is 2. The zero-order chi connectivity index (χ0) is 27.8. The molecule has 11 nitrogen and oxygen atoms in total. The van der Waals surface area contributed by atoms with Crippen molar-refractivity contribution in [2.24, 2.45) is 5.92 Å². The maximum atomic E-state index is 12.9. The molecule has 0 radical (unpaired) electrons. The fourth-order valence-electron chi connectivity index (χ4n) is 6.34. The highest BCUT2D eigenvalue weighted by Gasteiger charge is 2.39. The number of carbonyl (C=O) groups excluding carboxylic acids is 1. The molecule has 3 aliphatic rings. The molecule has 0 aromatic carbocycles. The molecule has 41 heavy (non-hydrogen) atoms. The number of piperidine rings is 1. The molecule has 0 atom stereocenters. The largest absolute Gasteiger partial charge is 0.492 e. The summed E-state index contributed by atoms with van der Waals surface area (Å²) in [6.07, 6.45) is 10.5.